The number of rotatable bonds is 5. The summed E-state index contributed by atoms with van der Waals surface area (Å²) in [6.07, 6.45) is 3.67. The molecule has 0 radical (unpaired) electrons. The molecule has 1 aromatic rings. The van der Waals surface area contributed by atoms with Crippen LogP contribution in [0.2, 0.25) is 0 Å². The van der Waals surface area contributed by atoms with Gasteiger partial charge in [-0.15, -0.1) is 0 Å². The SMILES string of the molecule is CCCC(N)CNC(=O)c1cn(C)nc1C. The fourth-order valence-electron chi connectivity index (χ4n) is 1.61. The molecular formula is C11H20N4O. The maximum absolute atomic E-state index is 11.8. The Morgan fingerprint density at radius 3 is 2.88 bits per heavy atom. The first-order valence-corrected chi connectivity index (χ1v) is 5.58. The van der Waals surface area contributed by atoms with Gasteiger partial charge in [-0.05, 0) is 13.3 Å². The van der Waals surface area contributed by atoms with Crippen LogP contribution < -0.4 is 11.1 Å². The summed E-state index contributed by atoms with van der Waals surface area (Å²) in [5.41, 5.74) is 7.18. The summed E-state index contributed by atoms with van der Waals surface area (Å²) in [5, 5.41) is 6.94. The smallest absolute Gasteiger partial charge is 0.254 e. The molecule has 1 rings (SSSR count). The first-order valence-electron chi connectivity index (χ1n) is 5.58. The van der Waals surface area contributed by atoms with E-state index in [1.807, 2.05) is 6.92 Å². The Labute approximate surface area is 96.0 Å². The zero-order chi connectivity index (χ0) is 12.1. The van der Waals surface area contributed by atoms with Crippen LogP contribution in [0.1, 0.15) is 35.8 Å². The molecule has 1 amide bonds. The average Bonchev–Trinajstić information content (AvgIpc) is 2.55. The lowest BCUT2D eigenvalue weighted by Gasteiger charge is -2.10. The van der Waals surface area contributed by atoms with Crippen molar-refractivity contribution in [2.24, 2.45) is 12.8 Å². The monoisotopic (exact) mass is 224 g/mol. The highest BCUT2D eigenvalue weighted by Crippen LogP contribution is 2.04. The standard InChI is InChI=1S/C11H20N4O/c1-4-5-9(12)6-13-11(16)10-7-15(3)14-8(10)2/h7,9H,4-6,12H2,1-3H3,(H,13,16). The van der Waals surface area contributed by atoms with Gasteiger partial charge in [0.25, 0.3) is 5.91 Å². The molecule has 0 saturated heterocycles. The molecule has 5 nitrogen and oxygen atoms in total. The van der Waals surface area contributed by atoms with E-state index in [9.17, 15) is 4.79 Å². The second-order valence-corrected chi connectivity index (χ2v) is 4.06. The molecule has 0 aromatic carbocycles. The van der Waals surface area contributed by atoms with Crippen LogP contribution in [0, 0.1) is 6.92 Å². The summed E-state index contributed by atoms with van der Waals surface area (Å²) in [7, 11) is 1.80. The van der Waals surface area contributed by atoms with Crippen LogP contribution >= 0.6 is 0 Å². The van der Waals surface area contributed by atoms with Gasteiger partial charge in [-0.3, -0.25) is 9.48 Å². The summed E-state index contributed by atoms with van der Waals surface area (Å²) in [6, 6.07) is 0.0333. The van der Waals surface area contributed by atoms with Crippen LogP contribution in [-0.4, -0.2) is 28.3 Å². The molecular weight excluding hydrogens is 204 g/mol. The highest BCUT2D eigenvalue weighted by atomic mass is 16.1. The van der Waals surface area contributed by atoms with Crippen molar-refractivity contribution < 1.29 is 4.79 Å². The molecule has 1 aromatic heterocycles. The molecule has 0 bridgehead atoms. The number of aromatic nitrogens is 2. The summed E-state index contributed by atoms with van der Waals surface area (Å²) in [5.74, 6) is -0.0999. The molecule has 0 aliphatic heterocycles. The lowest BCUT2D eigenvalue weighted by Crippen LogP contribution is -2.37. The maximum atomic E-state index is 11.8. The van der Waals surface area contributed by atoms with Crippen molar-refractivity contribution in [3.63, 3.8) is 0 Å². The zero-order valence-corrected chi connectivity index (χ0v) is 10.2. The number of hydrogen-bond acceptors (Lipinski definition) is 3. The van der Waals surface area contributed by atoms with E-state index in [2.05, 4.69) is 17.3 Å². The number of carbonyl (C=O) groups excluding carboxylic acids is 1. The molecule has 5 heteroatoms. The van der Waals surface area contributed by atoms with Gasteiger partial charge < -0.3 is 11.1 Å². The summed E-state index contributed by atoms with van der Waals surface area (Å²) >= 11 is 0. The van der Waals surface area contributed by atoms with Gasteiger partial charge in [0.1, 0.15) is 0 Å². The second-order valence-electron chi connectivity index (χ2n) is 4.06. The topological polar surface area (TPSA) is 72.9 Å². The predicted octanol–water partition coefficient (Wildman–Crippen LogP) is 0.586. The van der Waals surface area contributed by atoms with Crippen LogP contribution in [0.15, 0.2) is 6.20 Å². The molecule has 0 saturated carbocycles. The minimum absolute atomic E-state index is 0.0333. The van der Waals surface area contributed by atoms with Gasteiger partial charge in [0.2, 0.25) is 0 Å². The van der Waals surface area contributed by atoms with E-state index in [-0.39, 0.29) is 11.9 Å². The van der Waals surface area contributed by atoms with Crippen molar-refractivity contribution >= 4 is 5.91 Å². The number of amides is 1. The van der Waals surface area contributed by atoms with Gasteiger partial charge in [-0.2, -0.15) is 5.10 Å². The van der Waals surface area contributed by atoms with E-state index in [0.29, 0.717) is 12.1 Å². The number of nitrogens with two attached hydrogens (primary N) is 1. The Hall–Kier alpha value is -1.36. The molecule has 1 unspecified atom stereocenters. The average molecular weight is 224 g/mol. The van der Waals surface area contributed by atoms with Crippen molar-refractivity contribution in [3.8, 4) is 0 Å². The van der Waals surface area contributed by atoms with Crippen LogP contribution in [0.25, 0.3) is 0 Å². The molecule has 0 spiro atoms. The van der Waals surface area contributed by atoms with Crippen molar-refractivity contribution in [3.05, 3.63) is 17.5 Å². The number of nitrogens with zero attached hydrogens (tertiary/aromatic N) is 2. The van der Waals surface area contributed by atoms with Gasteiger partial charge in [0, 0.05) is 25.8 Å². The number of aryl methyl sites for hydroxylation is 2. The lowest BCUT2D eigenvalue weighted by atomic mass is 10.2. The van der Waals surface area contributed by atoms with Gasteiger partial charge in [-0.25, -0.2) is 0 Å². The summed E-state index contributed by atoms with van der Waals surface area (Å²) in [4.78, 5) is 11.8. The normalized spacial score (nSPS) is 12.5. The molecule has 16 heavy (non-hydrogen) atoms. The number of hydrogen-bond donors (Lipinski definition) is 2. The fourth-order valence-corrected chi connectivity index (χ4v) is 1.61. The van der Waals surface area contributed by atoms with E-state index < -0.39 is 0 Å². The molecule has 1 atom stereocenters. The zero-order valence-electron chi connectivity index (χ0n) is 10.2. The van der Waals surface area contributed by atoms with Gasteiger partial charge in [0.15, 0.2) is 0 Å². The first-order chi connectivity index (χ1) is 7.54. The van der Waals surface area contributed by atoms with E-state index in [0.717, 1.165) is 18.5 Å². The van der Waals surface area contributed by atoms with Crippen LogP contribution in [0.3, 0.4) is 0 Å². The molecule has 90 valence electrons. The molecule has 0 aliphatic carbocycles. The molecule has 0 fully saturated rings. The van der Waals surface area contributed by atoms with Crippen molar-refractivity contribution in [2.75, 3.05) is 6.54 Å². The molecule has 3 N–H and O–H groups in total. The van der Waals surface area contributed by atoms with Crippen LogP contribution in [0.4, 0.5) is 0 Å². The quantitative estimate of drug-likeness (QED) is 0.768. The highest BCUT2D eigenvalue weighted by Gasteiger charge is 2.12. The summed E-state index contributed by atoms with van der Waals surface area (Å²) < 4.78 is 1.64. The van der Waals surface area contributed by atoms with Crippen molar-refractivity contribution in [1.29, 1.82) is 0 Å². The third-order valence-corrected chi connectivity index (χ3v) is 2.44. The van der Waals surface area contributed by atoms with E-state index >= 15 is 0 Å². The lowest BCUT2D eigenvalue weighted by molar-refractivity contribution is 0.0950. The Bertz CT molecular complexity index is 359. The van der Waals surface area contributed by atoms with E-state index in [1.54, 1.807) is 17.9 Å². The molecule has 0 aliphatic rings. The maximum Gasteiger partial charge on any atom is 0.254 e. The largest absolute Gasteiger partial charge is 0.350 e. The first kappa shape index (κ1) is 12.7. The third-order valence-electron chi connectivity index (χ3n) is 2.44. The minimum atomic E-state index is -0.0999. The Morgan fingerprint density at radius 1 is 1.69 bits per heavy atom. The van der Waals surface area contributed by atoms with Crippen LogP contribution in [0.5, 0.6) is 0 Å². The van der Waals surface area contributed by atoms with Crippen molar-refractivity contribution in [1.82, 2.24) is 15.1 Å². The van der Waals surface area contributed by atoms with Gasteiger partial charge in [-0.1, -0.05) is 13.3 Å². The van der Waals surface area contributed by atoms with Crippen molar-refractivity contribution in [2.45, 2.75) is 32.7 Å². The van der Waals surface area contributed by atoms with E-state index in [1.165, 1.54) is 0 Å². The third kappa shape index (κ3) is 3.34. The Kier molecular flexibility index (Phi) is 4.49. The predicted molar refractivity (Wildman–Crippen MR) is 63.2 cm³/mol. The van der Waals surface area contributed by atoms with E-state index in [4.69, 9.17) is 5.73 Å². The Morgan fingerprint density at radius 2 is 2.38 bits per heavy atom. The fraction of sp³-hybridized carbons (Fsp3) is 0.636. The Balaban J connectivity index is 2.50. The summed E-state index contributed by atoms with van der Waals surface area (Å²) in [6.45, 7) is 4.41. The number of nitrogens with one attached hydrogen (secondary N) is 1. The molecule has 1 heterocycles. The number of carbonyl (C=O) groups is 1. The highest BCUT2D eigenvalue weighted by molar-refractivity contribution is 5.94. The van der Waals surface area contributed by atoms with Gasteiger partial charge >= 0.3 is 0 Å². The second kappa shape index (κ2) is 5.65. The minimum Gasteiger partial charge on any atom is -0.350 e. The van der Waals surface area contributed by atoms with Crippen LogP contribution in [-0.2, 0) is 7.05 Å². The van der Waals surface area contributed by atoms with Gasteiger partial charge in [0.05, 0.1) is 11.3 Å².